The third kappa shape index (κ3) is 5.37. The van der Waals surface area contributed by atoms with E-state index in [2.05, 4.69) is 0 Å². The van der Waals surface area contributed by atoms with Crippen molar-refractivity contribution in [2.24, 2.45) is 0 Å². The maximum absolute atomic E-state index is 5.09. The average molecular weight is 235 g/mol. The van der Waals surface area contributed by atoms with E-state index in [4.69, 9.17) is 29.9 Å². The fraction of sp³-hybridized carbons (Fsp3) is 0.800. The topological polar surface area (TPSA) is 36.9 Å². The maximum atomic E-state index is 5.09. The molecule has 0 rings (SSSR count). The van der Waals surface area contributed by atoms with Crippen molar-refractivity contribution in [2.45, 2.75) is 6.92 Å². The molecule has 4 nitrogen and oxygen atoms in total. The van der Waals surface area contributed by atoms with Crippen molar-refractivity contribution in [1.82, 2.24) is 0 Å². The van der Waals surface area contributed by atoms with E-state index in [9.17, 15) is 0 Å². The van der Waals surface area contributed by atoms with E-state index in [0.29, 0.717) is 5.05 Å². The first-order chi connectivity index (χ1) is 5.10. The van der Waals surface area contributed by atoms with Gasteiger partial charge in [-0.15, -0.1) is 0 Å². The molecule has 0 N–H and O–H groups in total. The summed E-state index contributed by atoms with van der Waals surface area (Å²) in [6.45, 7) is 1.63. The Bertz CT molecular complexity index is 133. The van der Waals surface area contributed by atoms with Crippen molar-refractivity contribution >= 4 is 77.7 Å². The zero-order chi connectivity index (χ0) is 8.91. The molecule has 0 atom stereocenters. The van der Waals surface area contributed by atoms with E-state index in [1.54, 1.807) is 6.92 Å². The molecule has 0 saturated heterocycles. The number of hydrogen-bond donors (Lipinski definition) is 0. The van der Waals surface area contributed by atoms with E-state index in [1.165, 1.54) is 21.3 Å². The van der Waals surface area contributed by atoms with Crippen LogP contribution in [0.1, 0.15) is 6.92 Å². The SMILES string of the molecule is CO[Si](OC)(OC)OC(C)=S.[K]. The minimum Gasteiger partial charge on any atom is -0.474 e. The monoisotopic (exact) mass is 235 g/mol. The van der Waals surface area contributed by atoms with E-state index in [0.717, 1.165) is 0 Å². The Morgan fingerprint density at radius 1 is 1.08 bits per heavy atom. The van der Waals surface area contributed by atoms with E-state index >= 15 is 0 Å². The second-order valence-corrected chi connectivity index (χ2v) is 4.71. The standard InChI is InChI=1S/C5H12O4SSi.K/c1-5(10)9-11(6-2,7-3)8-4;/h1-4H3;. The van der Waals surface area contributed by atoms with Gasteiger partial charge in [-0.05, 0) is 12.2 Å². The number of rotatable bonds is 4. The molecule has 0 heterocycles. The van der Waals surface area contributed by atoms with Gasteiger partial charge >= 0.3 is 9.05 Å². The molecule has 0 aromatic carbocycles. The van der Waals surface area contributed by atoms with Gasteiger partial charge in [-0.3, -0.25) is 0 Å². The van der Waals surface area contributed by atoms with Gasteiger partial charge < -0.3 is 17.7 Å². The second-order valence-electron chi connectivity index (χ2n) is 1.71. The molecule has 67 valence electrons. The molecule has 1 radical (unpaired) electrons. The summed E-state index contributed by atoms with van der Waals surface area (Å²) in [5.74, 6) is 0. The van der Waals surface area contributed by atoms with Crippen LogP contribution in [0.2, 0.25) is 0 Å². The molecule has 0 aromatic rings. The predicted molar refractivity (Wildman–Crippen MR) is 51.9 cm³/mol. The Morgan fingerprint density at radius 3 is 1.50 bits per heavy atom. The van der Waals surface area contributed by atoms with Crippen molar-refractivity contribution in [1.29, 1.82) is 0 Å². The van der Waals surface area contributed by atoms with Crippen LogP contribution in [0.25, 0.3) is 0 Å². The Labute approximate surface area is 122 Å². The number of thiocarbonyl (C=S) groups is 1. The Kier molecular flexibility index (Phi) is 10.7. The van der Waals surface area contributed by atoms with Gasteiger partial charge in [0.25, 0.3) is 0 Å². The van der Waals surface area contributed by atoms with E-state index in [1.807, 2.05) is 0 Å². The predicted octanol–water partition coefficient (Wildman–Crippen LogP) is 0.344. The zero-order valence-electron chi connectivity index (χ0n) is 8.04. The van der Waals surface area contributed by atoms with Crippen LogP contribution in [-0.4, -0.2) is 86.8 Å². The van der Waals surface area contributed by atoms with Crippen molar-refractivity contribution in [3.8, 4) is 0 Å². The molecule has 0 fully saturated rings. The second kappa shape index (κ2) is 7.98. The molecule has 0 amide bonds. The van der Waals surface area contributed by atoms with Crippen LogP contribution in [-0.2, 0) is 17.7 Å². The van der Waals surface area contributed by atoms with Gasteiger partial charge in [0.2, 0.25) is 0 Å². The summed E-state index contributed by atoms with van der Waals surface area (Å²) in [7, 11) is 1.45. The summed E-state index contributed by atoms with van der Waals surface area (Å²) in [5, 5.41) is 0.349. The Hall–Kier alpha value is 1.62. The molecule has 0 aliphatic rings. The number of hydrogen-bond acceptors (Lipinski definition) is 5. The summed E-state index contributed by atoms with van der Waals surface area (Å²) < 4.78 is 19.9. The van der Waals surface area contributed by atoms with Crippen LogP contribution in [0.3, 0.4) is 0 Å². The third-order valence-electron chi connectivity index (χ3n) is 1.02. The Balaban J connectivity index is 0. The fourth-order valence-electron chi connectivity index (χ4n) is 0.551. The van der Waals surface area contributed by atoms with Crippen molar-refractivity contribution < 1.29 is 17.7 Å². The normalized spacial score (nSPS) is 10.3. The maximum Gasteiger partial charge on any atom is 0.749 e. The first-order valence-corrected chi connectivity index (χ1v) is 4.99. The minimum atomic E-state index is -2.92. The zero-order valence-corrected chi connectivity index (χ0v) is 13.0. The van der Waals surface area contributed by atoms with Crippen molar-refractivity contribution in [3.05, 3.63) is 0 Å². The molecule has 0 aromatic heterocycles. The molecular formula is C5H12KO4SSi. The summed E-state index contributed by atoms with van der Waals surface area (Å²) in [4.78, 5) is 0. The summed E-state index contributed by atoms with van der Waals surface area (Å²) in [5.41, 5.74) is 0. The van der Waals surface area contributed by atoms with Crippen LogP contribution in [0.5, 0.6) is 0 Å². The van der Waals surface area contributed by atoms with Crippen LogP contribution < -0.4 is 0 Å². The van der Waals surface area contributed by atoms with Gasteiger partial charge in [-0.25, -0.2) is 0 Å². The quantitative estimate of drug-likeness (QED) is 0.519. The van der Waals surface area contributed by atoms with E-state index in [-0.39, 0.29) is 51.4 Å². The Morgan fingerprint density at radius 2 is 1.42 bits per heavy atom. The first-order valence-electron chi connectivity index (χ1n) is 2.95. The van der Waals surface area contributed by atoms with Crippen LogP contribution in [0.4, 0.5) is 0 Å². The van der Waals surface area contributed by atoms with Crippen molar-refractivity contribution in [3.63, 3.8) is 0 Å². The van der Waals surface area contributed by atoms with Gasteiger partial charge in [-0.2, -0.15) is 0 Å². The molecule has 12 heavy (non-hydrogen) atoms. The van der Waals surface area contributed by atoms with Crippen LogP contribution in [0.15, 0.2) is 0 Å². The fourth-order valence-corrected chi connectivity index (χ4v) is 1.96. The third-order valence-corrected chi connectivity index (χ3v) is 3.31. The van der Waals surface area contributed by atoms with Crippen molar-refractivity contribution in [2.75, 3.05) is 21.3 Å². The molecule has 0 spiro atoms. The van der Waals surface area contributed by atoms with Gasteiger partial charge in [0.05, 0.1) is 0 Å². The molecule has 0 saturated carbocycles. The van der Waals surface area contributed by atoms with Crippen LogP contribution >= 0.6 is 12.2 Å². The van der Waals surface area contributed by atoms with Gasteiger partial charge in [0, 0.05) is 79.6 Å². The summed E-state index contributed by atoms with van der Waals surface area (Å²) in [6.07, 6.45) is 0. The molecule has 7 heteroatoms. The first kappa shape index (κ1) is 16.1. The summed E-state index contributed by atoms with van der Waals surface area (Å²) >= 11 is 4.72. The van der Waals surface area contributed by atoms with Crippen LogP contribution in [0, 0.1) is 0 Å². The largest absolute Gasteiger partial charge is 0.749 e. The summed E-state index contributed by atoms with van der Waals surface area (Å²) in [6, 6.07) is 0. The smallest absolute Gasteiger partial charge is 0.474 e. The van der Waals surface area contributed by atoms with Gasteiger partial charge in [0.1, 0.15) is 5.05 Å². The van der Waals surface area contributed by atoms with Gasteiger partial charge in [-0.1, -0.05) is 0 Å². The minimum absolute atomic E-state index is 0. The average Bonchev–Trinajstić information content (AvgIpc) is 2.00. The molecule has 0 unspecified atom stereocenters. The molecular weight excluding hydrogens is 223 g/mol. The van der Waals surface area contributed by atoms with Gasteiger partial charge in [0.15, 0.2) is 0 Å². The molecule has 0 bridgehead atoms. The molecule has 0 aliphatic heterocycles. The van der Waals surface area contributed by atoms with E-state index < -0.39 is 9.05 Å². The molecule has 0 aliphatic carbocycles.